The van der Waals surface area contributed by atoms with Crippen LogP contribution in [0, 0.1) is 0 Å². The van der Waals surface area contributed by atoms with Gasteiger partial charge in [-0.1, -0.05) is 18.2 Å². The summed E-state index contributed by atoms with van der Waals surface area (Å²) in [5.41, 5.74) is 2.00. The van der Waals surface area contributed by atoms with Gasteiger partial charge < -0.3 is 10.2 Å². The average Bonchev–Trinajstić information content (AvgIpc) is 3.39. The minimum Gasteiger partial charge on any atom is -0.346 e. The van der Waals surface area contributed by atoms with E-state index < -0.39 is 10.0 Å². The van der Waals surface area contributed by atoms with Crippen molar-refractivity contribution in [1.82, 2.24) is 29.3 Å². The molecule has 2 heterocycles. The van der Waals surface area contributed by atoms with Gasteiger partial charge in [-0.2, -0.15) is 9.40 Å². The minimum atomic E-state index is -3.77. The van der Waals surface area contributed by atoms with Crippen molar-refractivity contribution in [2.24, 2.45) is 0 Å². The second-order valence-corrected chi connectivity index (χ2v) is 10.0. The van der Waals surface area contributed by atoms with Crippen LogP contribution in [0.15, 0.2) is 66.1 Å². The van der Waals surface area contributed by atoms with E-state index in [9.17, 15) is 18.0 Å². The Morgan fingerprint density at radius 3 is 2.35 bits per heavy atom. The van der Waals surface area contributed by atoms with Crippen molar-refractivity contribution in [3.8, 4) is 5.69 Å². The fourth-order valence-corrected chi connectivity index (χ4v) is 5.28. The van der Waals surface area contributed by atoms with Crippen molar-refractivity contribution < 1.29 is 18.0 Å². The molecule has 10 nitrogen and oxygen atoms in total. The van der Waals surface area contributed by atoms with Crippen LogP contribution in [0.2, 0.25) is 0 Å². The summed E-state index contributed by atoms with van der Waals surface area (Å²) in [4.78, 5) is 30.0. The van der Waals surface area contributed by atoms with Crippen molar-refractivity contribution in [2.75, 3.05) is 26.2 Å². The highest BCUT2D eigenvalue weighted by atomic mass is 32.2. The van der Waals surface area contributed by atoms with Crippen LogP contribution >= 0.6 is 0 Å². The van der Waals surface area contributed by atoms with E-state index in [0.717, 1.165) is 11.3 Å². The van der Waals surface area contributed by atoms with E-state index in [1.54, 1.807) is 28.0 Å². The fraction of sp³-hybridized carbons (Fsp3) is 0.304. The molecule has 0 saturated carbocycles. The molecule has 1 saturated heterocycles. The van der Waals surface area contributed by atoms with E-state index in [-0.39, 0.29) is 41.4 Å². The number of sulfonamides is 1. The Balaban J connectivity index is 1.44. The van der Waals surface area contributed by atoms with Crippen LogP contribution in [-0.4, -0.2) is 70.4 Å². The van der Waals surface area contributed by atoms with Gasteiger partial charge in [0.25, 0.3) is 5.91 Å². The number of carbonyl (C=O) groups is 2. The first-order valence-corrected chi connectivity index (χ1v) is 12.3. The molecule has 0 bridgehead atoms. The van der Waals surface area contributed by atoms with Gasteiger partial charge in [0, 0.05) is 38.7 Å². The molecule has 34 heavy (non-hydrogen) atoms. The van der Waals surface area contributed by atoms with Crippen molar-refractivity contribution in [3.05, 3.63) is 72.3 Å². The second kappa shape index (κ2) is 9.74. The number of benzene rings is 2. The maximum atomic E-state index is 13.1. The zero-order chi connectivity index (χ0) is 24.3. The number of hydrogen-bond donors (Lipinski definition) is 1. The molecule has 2 aromatic carbocycles. The van der Waals surface area contributed by atoms with Crippen LogP contribution in [0.4, 0.5) is 0 Å². The molecule has 11 heteroatoms. The van der Waals surface area contributed by atoms with Crippen LogP contribution in [0.3, 0.4) is 0 Å². The van der Waals surface area contributed by atoms with Gasteiger partial charge in [-0.3, -0.25) is 9.59 Å². The van der Waals surface area contributed by atoms with Crippen molar-refractivity contribution in [1.29, 1.82) is 0 Å². The third-order valence-corrected chi connectivity index (χ3v) is 7.74. The maximum absolute atomic E-state index is 13.1. The van der Waals surface area contributed by atoms with E-state index in [1.165, 1.54) is 29.7 Å². The van der Waals surface area contributed by atoms with E-state index in [2.05, 4.69) is 15.4 Å². The first-order valence-electron chi connectivity index (χ1n) is 10.9. The number of nitrogens with one attached hydrogen (secondary N) is 1. The highest BCUT2D eigenvalue weighted by Gasteiger charge is 2.29. The van der Waals surface area contributed by atoms with E-state index >= 15 is 0 Å². The molecule has 2 amide bonds. The number of rotatable bonds is 6. The lowest BCUT2D eigenvalue weighted by Gasteiger charge is -2.33. The van der Waals surface area contributed by atoms with Crippen molar-refractivity contribution in [2.45, 2.75) is 24.8 Å². The Kier molecular flexibility index (Phi) is 6.75. The minimum absolute atomic E-state index is 0.0567. The summed E-state index contributed by atoms with van der Waals surface area (Å²) < 4.78 is 29.2. The van der Waals surface area contributed by atoms with Gasteiger partial charge in [-0.05, 0) is 42.8 Å². The lowest BCUT2D eigenvalue weighted by molar-refractivity contribution is -0.129. The predicted molar refractivity (Wildman–Crippen MR) is 125 cm³/mol. The third-order valence-electron chi connectivity index (χ3n) is 5.84. The molecule has 1 aliphatic rings. The molecule has 3 aromatic rings. The van der Waals surface area contributed by atoms with Crippen LogP contribution in [0.25, 0.3) is 5.69 Å². The molecular weight excluding hydrogens is 456 g/mol. The van der Waals surface area contributed by atoms with Gasteiger partial charge in [0.15, 0.2) is 0 Å². The van der Waals surface area contributed by atoms with Crippen LogP contribution in [0.5, 0.6) is 0 Å². The van der Waals surface area contributed by atoms with Gasteiger partial charge in [0.1, 0.15) is 12.7 Å². The molecule has 1 aromatic heterocycles. The Morgan fingerprint density at radius 2 is 1.74 bits per heavy atom. The van der Waals surface area contributed by atoms with Gasteiger partial charge in [0.05, 0.1) is 16.6 Å². The Labute approximate surface area is 198 Å². The highest BCUT2D eigenvalue weighted by Crippen LogP contribution is 2.20. The molecule has 0 unspecified atom stereocenters. The smallest absolute Gasteiger partial charge is 0.251 e. The first-order chi connectivity index (χ1) is 16.3. The van der Waals surface area contributed by atoms with Crippen LogP contribution in [0.1, 0.15) is 35.8 Å². The number of nitrogens with zero attached hydrogens (tertiary/aromatic N) is 5. The predicted octanol–water partition coefficient (Wildman–Crippen LogP) is 1.61. The first kappa shape index (κ1) is 23.6. The van der Waals surface area contributed by atoms with E-state index in [4.69, 9.17) is 0 Å². The number of amides is 2. The molecule has 0 spiro atoms. The van der Waals surface area contributed by atoms with E-state index in [1.807, 2.05) is 31.2 Å². The Hall–Kier alpha value is -3.57. The normalized spacial score (nSPS) is 15.6. The largest absolute Gasteiger partial charge is 0.346 e. The summed E-state index contributed by atoms with van der Waals surface area (Å²) in [6.07, 6.45) is 3.06. The van der Waals surface area contributed by atoms with Gasteiger partial charge in [-0.25, -0.2) is 18.1 Å². The molecule has 0 aliphatic carbocycles. The summed E-state index contributed by atoms with van der Waals surface area (Å²) >= 11 is 0. The molecule has 1 aliphatic heterocycles. The number of carbonyl (C=O) groups excluding carboxylic acids is 2. The summed E-state index contributed by atoms with van der Waals surface area (Å²) in [5.74, 6) is -0.441. The fourth-order valence-electron chi connectivity index (χ4n) is 3.81. The number of hydrogen-bond acceptors (Lipinski definition) is 6. The number of piperazine rings is 1. The maximum Gasteiger partial charge on any atom is 0.251 e. The van der Waals surface area contributed by atoms with Gasteiger partial charge in [-0.15, -0.1) is 0 Å². The SMILES string of the molecule is CC(=O)N1CCN(S(=O)(=O)c2cccc(C(=O)N[C@@H](C)c3ccc(-n4cncn4)cc3)c2)CC1. The Morgan fingerprint density at radius 1 is 1.03 bits per heavy atom. The third kappa shape index (κ3) is 5.00. The number of aromatic nitrogens is 3. The quantitative estimate of drug-likeness (QED) is 0.570. The van der Waals surface area contributed by atoms with Crippen molar-refractivity contribution >= 4 is 21.8 Å². The molecule has 4 rings (SSSR count). The van der Waals surface area contributed by atoms with Crippen LogP contribution < -0.4 is 5.32 Å². The standard InChI is InChI=1S/C23H26N6O4S/c1-17(19-6-8-21(9-7-19)29-16-24-15-25-29)26-23(31)20-4-3-5-22(14-20)34(32,33)28-12-10-27(11-13-28)18(2)30/h3-9,14-17H,10-13H2,1-2H3,(H,26,31)/t17-/m0/s1. The monoisotopic (exact) mass is 482 g/mol. The summed E-state index contributed by atoms with van der Waals surface area (Å²) in [6, 6.07) is 13.3. The lowest BCUT2D eigenvalue weighted by atomic mass is 10.1. The van der Waals surface area contributed by atoms with Crippen molar-refractivity contribution in [3.63, 3.8) is 0 Å². The van der Waals surface area contributed by atoms with E-state index in [0.29, 0.717) is 13.1 Å². The Bertz CT molecular complexity index is 1270. The molecule has 1 fully saturated rings. The zero-order valence-corrected chi connectivity index (χ0v) is 19.8. The van der Waals surface area contributed by atoms with Gasteiger partial charge >= 0.3 is 0 Å². The molecule has 1 atom stereocenters. The summed E-state index contributed by atoms with van der Waals surface area (Å²) in [6.45, 7) is 4.47. The molecule has 178 valence electrons. The zero-order valence-electron chi connectivity index (χ0n) is 19.0. The lowest BCUT2D eigenvalue weighted by Crippen LogP contribution is -2.49. The average molecular weight is 483 g/mol. The van der Waals surface area contributed by atoms with Gasteiger partial charge in [0.2, 0.25) is 15.9 Å². The summed E-state index contributed by atoms with van der Waals surface area (Å²) in [5, 5.41) is 7.00. The van der Waals surface area contributed by atoms with Crippen LogP contribution in [-0.2, 0) is 14.8 Å². The topological polar surface area (TPSA) is 118 Å². The summed E-state index contributed by atoms with van der Waals surface area (Å²) in [7, 11) is -3.77. The molecule has 0 radical (unpaired) electrons. The second-order valence-electron chi connectivity index (χ2n) is 8.06. The molecule has 1 N–H and O–H groups in total. The molecular formula is C23H26N6O4S. The highest BCUT2D eigenvalue weighted by molar-refractivity contribution is 7.89.